The Bertz CT molecular complexity index is 1000. The van der Waals surface area contributed by atoms with E-state index < -0.39 is 0 Å². The molecule has 27 heavy (non-hydrogen) atoms. The number of carbonyl (C=O) groups excluding carboxylic acids is 3. The highest BCUT2D eigenvalue weighted by Crippen LogP contribution is 2.30. The molecule has 0 aliphatic heterocycles. The van der Waals surface area contributed by atoms with Gasteiger partial charge in [0, 0.05) is 33.8 Å². The van der Waals surface area contributed by atoms with Crippen LogP contribution in [-0.4, -0.2) is 25.1 Å². The summed E-state index contributed by atoms with van der Waals surface area (Å²) >= 11 is 3.36. The van der Waals surface area contributed by atoms with Gasteiger partial charge in [0.2, 0.25) is 0 Å². The maximum atomic E-state index is 13.2. The number of carbonyl (C=O) groups is 3. The van der Waals surface area contributed by atoms with Gasteiger partial charge in [-0.25, -0.2) is 0 Å². The number of halogens is 1. The van der Waals surface area contributed by atoms with Gasteiger partial charge in [0.15, 0.2) is 5.78 Å². The first-order chi connectivity index (χ1) is 13.0. The number of hydrogen-bond acceptors (Lipinski definition) is 5. The topological polar surface area (TPSA) is 73.6 Å². The molecule has 6 heteroatoms. The molecule has 2 aromatic carbocycles. The normalized spacial score (nSPS) is 10.7. The van der Waals surface area contributed by atoms with Gasteiger partial charge in [-0.05, 0) is 48.9 Å². The van der Waals surface area contributed by atoms with Crippen molar-refractivity contribution in [2.24, 2.45) is 0 Å². The largest absolute Gasteiger partial charge is 0.469 e. The van der Waals surface area contributed by atoms with Crippen LogP contribution >= 0.6 is 15.9 Å². The lowest BCUT2D eigenvalue weighted by Gasteiger charge is -2.04. The van der Waals surface area contributed by atoms with E-state index in [2.05, 4.69) is 20.7 Å². The summed E-state index contributed by atoms with van der Waals surface area (Å²) in [6.07, 6.45) is 1.88. The molecule has 3 rings (SSSR count). The fraction of sp³-hybridized carbons (Fsp3) is 0.190. The number of ketones is 1. The molecule has 0 unspecified atom stereocenters. The van der Waals surface area contributed by atoms with Crippen molar-refractivity contribution >= 4 is 44.9 Å². The molecule has 1 heterocycles. The van der Waals surface area contributed by atoms with E-state index in [0.717, 1.165) is 10.8 Å². The Morgan fingerprint density at radius 1 is 1.15 bits per heavy atom. The minimum absolute atomic E-state index is 0.183. The third kappa shape index (κ3) is 4.17. The highest BCUT2D eigenvalue weighted by molar-refractivity contribution is 9.10. The van der Waals surface area contributed by atoms with Crippen molar-refractivity contribution in [2.45, 2.75) is 19.3 Å². The van der Waals surface area contributed by atoms with E-state index in [9.17, 15) is 14.4 Å². The van der Waals surface area contributed by atoms with E-state index in [0.29, 0.717) is 46.3 Å². The molecule has 1 aromatic heterocycles. The van der Waals surface area contributed by atoms with Crippen LogP contribution in [0.3, 0.4) is 0 Å². The van der Waals surface area contributed by atoms with Gasteiger partial charge in [0.05, 0.1) is 12.7 Å². The molecule has 0 atom stereocenters. The Morgan fingerprint density at radius 2 is 1.89 bits per heavy atom. The molecular formula is C21H17BrO5. The van der Waals surface area contributed by atoms with Gasteiger partial charge in [-0.2, -0.15) is 0 Å². The zero-order chi connectivity index (χ0) is 19.4. The number of methoxy groups -OCH3 is 1. The van der Waals surface area contributed by atoms with Crippen molar-refractivity contribution in [3.8, 4) is 0 Å². The van der Waals surface area contributed by atoms with Gasteiger partial charge in [-0.3, -0.25) is 14.4 Å². The van der Waals surface area contributed by atoms with Crippen LogP contribution in [0.2, 0.25) is 0 Å². The van der Waals surface area contributed by atoms with Gasteiger partial charge >= 0.3 is 5.97 Å². The first-order valence-corrected chi connectivity index (χ1v) is 9.20. The Morgan fingerprint density at radius 3 is 2.56 bits per heavy atom. The number of hydrogen-bond donors (Lipinski definition) is 0. The van der Waals surface area contributed by atoms with Gasteiger partial charge in [-0.1, -0.05) is 15.9 Å². The van der Waals surface area contributed by atoms with Crippen LogP contribution in [0.4, 0.5) is 0 Å². The molecular weight excluding hydrogens is 412 g/mol. The summed E-state index contributed by atoms with van der Waals surface area (Å²) in [5.41, 5.74) is 1.95. The number of benzene rings is 2. The van der Waals surface area contributed by atoms with E-state index in [1.165, 1.54) is 7.11 Å². The van der Waals surface area contributed by atoms with Gasteiger partial charge in [0.1, 0.15) is 17.6 Å². The maximum absolute atomic E-state index is 13.2. The van der Waals surface area contributed by atoms with E-state index >= 15 is 0 Å². The number of aldehydes is 1. The number of rotatable bonds is 7. The van der Waals surface area contributed by atoms with Crippen molar-refractivity contribution < 1.29 is 23.5 Å². The molecule has 138 valence electrons. The predicted molar refractivity (Wildman–Crippen MR) is 104 cm³/mol. The summed E-state index contributed by atoms with van der Waals surface area (Å²) < 4.78 is 11.4. The van der Waals surface area contributed by atoms with Crippen molar-refractivity contribution in [3.05, 3.63) is 69.4 Å². The highest BCUT2D eigenvalue weighted by atomic mass is 79.9. The molecule has 0 bridgehead atoms. The lowest BCUT2D eigenvalue weighted by molar-refractivity contribution is -0.140. The summed E-state index contributed by atoms with van der Waals surface area (Å²) in [6, 6.07) is 12.0. The van der Waals surface area contributed by atoms with Crippen LogP contribution in [0.25, 0.3) is 11.0 Å². The first-order valence-electron chi connectivity index (χ1n) is 8.41. The highest BCUT2D eigenvalue weighted by Gasteiger charge is 2.22. The summed E-state index contributed by atoms with van der Waals surface area (Å²) in [5.74, 6) is 0.0115. The lowest BCUT2D eigenvalue weighted by atomic mass is 9.97. The number of aryl methyl sites for hydroxylation is 1. The van der Waals surface area contributed by atoms with Crippen LogP contribution < -0.4 is 0 Å². The van der Waals surface area contributed by atoms with E-state index in [4.69, 9.17) is 4.42 Å². The van der Waals surface area contributed by atoms with E-state index in [-0.39, 0.29) is 18.2 Å². The van der Waals surface area contributed by atoms with Crippen molar-refractivity contribution in [1.29, 1.82) is 0 Å². The Kier molecular flexibility index (Phi) is 5.86. The van der Waals surface area contributed by atoms with E-state index in [1.54, 1.807) is 42.5 Å². The van der Waals surface area contributed by atoms with Crippen molar-refractivity contribution in [2.75, 3.05) is 7.11 Å². The Balaban J connectivity index is 2.04. The van der Waals surface area contributed by atoms with Crippen LogP contribution in [0.1, 0.15) is 44.9 Å². The smallest absolute Gasteiger partial charge is 0.305 e. The molecule has 5 nitrogen and oxygen atoms in total. The monoisotopic (exact) mass is 428 g/mol. The van der Waals surface area contributed by atoms with Crippen molar-refractivity contribution in [3.63, 3.8) is 0 Å². The Labute approximate surface area is 164 Å². The van der Waals surface area contributed by atoms with Gasteiger partial charge < -0.3 is 9.15 Å². The molecule has 0 radical (unpaired) electrons. The minimum atomic E-state index is -0.310. The second-order valence-corrected chi connectivity index (χ2v) is 6.96. The quantitative estimate of drug-likeness (QED) is 0.308. The standard InChI is InChI=1S/C21H17BrO5/c1-26-19(24)4-2-3-18-20(21(25)14-6-8-15(22)9-7-14)16-11-13(12-23)5-10-17(16)27-18/h5-12H,2-4H2,1H3. The second kappa shape index (κ2) is 8.31. The average molecular weight is 429 g/mol. The number of fused-ring (bicyclic) bond motifs is 1. The molecule has 0 N–H and O–H groups in total. The number of esters is 1. The van der Waals surface area contributed by atoms with Crippen LogP contribution in [0, 0.1) is 0 Å². The van der Waals surface area contributed by atoms with Crippen LogP contribution in [0.15, 0.2) is 51.4 Å². The summed E-state index contributed by atoms with van der Waals surface area (Å²) in [7, 11) is 1.34. The lowest BCUT2D eigenvalue weighted by Crippen LogP contribution is -2.05. The van der Waals surface area contributed by atoms with E-state index in [1.807, 2.05) is 0 Å². The maximum Gasteiger partial charge on any atom is 0.305 e. The minimum Gasteiger partial charge on any atom is -0.469 e. The van der Waals surface area contributed by atoms with Crippen molar-refractivity contribution in [1.82, 2.24) is 0 Å². The number of ether oxygens (including phenoxy) is 1. The fourth-order valence-corrected chi connectivity index (χ4v) is 3.17. The molecule has 0 saturated heterocycles. The fourth-order valence-electron chi connectivity index (χ4n) is 2.91. The number of furan rings is 1. The molecule has 0 fully saturated rings. The molecule has 0 aliphatic carbocycles. The summed E-state index contributed by atoms with van der Waals surface area (Å²) in [5, 5.41) is 0.598. The molecule has 0 saturated carbocycles. The predicted octanol–water partition coefficient (Wildman–Crippen LogP) is 4.73. The second-order valence-electron chi connectivity index (χ2n) is 6.04. The Hall–Kier alpha value is -2.73. The first kappa shape index (κ1) is 19.0. The SMILES string of the molecule is COC(=O)CCCc1oc2ccc(C=O)cc2c1C(=O)c1ccc(Br)cc1. The molecule has 0 amide bonds. The third-order valence-corrected chi connectivity index (χ3v) is 4.80. The molecule has 0 spiro atoms. The summed E-state index contributed by atoms with van der Waals surface area (Å²) in [6.45, 7) is 0. The average Bonchev–Trinajstić information content (AvgIpc) is 3.05. The summed E-state index contributed by atoms with van der Waals surface area (Å²) in [4.78, 5) is 35.7. The zero-order valence-corrected chi connectivity index (χ0v) is 16.2. The van der Waals surface area contributed by atoms with Gasteiger partial charge in [-0.15, -0.1) is 0 Å². The van der Waals surface area contributed by atoms with Crippen LogP contribution in [-0.2, 0) is 16.0 Å². The van der Waals surface area contributed by atoms with Gasteiger partial charge in [0.25, 0.3) is 0 Å². The zero-order valence-electron chi connectivity index (χ0n) is 14.7. The third-order valence-electron chi connectivity index (χ3n) is 4.27. The molecule has 0 aliphatic rings. The van der Waals surface area contributed by atoms with Crippen LogP contribution in [0.5, 0.6) is 0 Å². The molecule has 3 aromatic rings.